The van der Waals surface area contributed by atoms with Crippen LogP contribution in [-0.2, 0) is 5.41 Å². The first-order valence-corrected chi connectivity index (χ1v) is 20.7. The Labute approximate surface area is 348 Å². The molecule has 4 nitrogen and oxygen atoms in total. The van der Waals surface area contributed by atoms with Gasteiger partial charge in [0.25, 0.3) is 0 Å². The van der Waals surface area contributed by atoms with Gasteiger partial charge in [-0.15, -0.1) is 0 Å². The average molecular weight is 770 g/mol. The van der Waals surface area contributed by atoms with Crippen molar-refractivity contribution in [2.24, 2.45) is 9.98 Å². The normalized spacial score (nSPS) is 15.5. The third-order valence-electron chi connectivity index (χ3n) is 12.7. The van der Waals surface area contributed by atoms with Crippen LogP contribution in [0, 0.1) is 0 Å². The number of furan rings is 1. The number of hydrogen-bond donors (Lipinski definition) is 1. The van der Waals surface area contributed by atoms with Crippen LogP contribution in [0.4, 0.5) is 0 Å². The first kappa shape index (κ1) is 34.5. The number of amidine groups is 2. The number of rotatable bonds is 5. The van der Waals surface area contributed by atoms with Gasteiger partial charge in [0.2, 0.25) is 0 Å². The van der Waals surface area contributed by atoms with Crippen molar-refractivity contribution in [1.29, 1.82) is 0 Å². The lowest BCUT2D eigenvalue weighted by molar-refractivity contribution is 0.660. The Morgan fingerprint density at radius 3 is 1.95 bits per heavy atom. The quantitative estimate of drug-likeness (QED) is 0.177. The Morgan fingerprint density at radius 2 is 1.10 bits per heavy atom. The Balaban J connectivity index is 0.944. The Kier molecular flexibility index (Phi) is 7.61. The summed E-state index contributed by atoms with van der Waals surface area (Å²) in [7, 11) is 0. The van der Waals surface area contributed by atoms with Crippen molar-refractivity contribution >= 4 is 55.2 Å². The molecule has 1 aromatic heterocycles. The van der Waals surface area contributed by atoms with E-state index in [1.165, 1.54) is 54.9 Å². The molecule has 1 unspecified atom stereocenters. The maximum Gasteiger partial charge on any atom is 0.169 e. The molecule has 0 bridgehead atoms. The van der Waals surface area contributed by atoms with Crippen LogP contribution in [0.2, 0.25) is 0 Å². The van der Waals surface area contributed by atoms with Gasteiger partial charge in [0.1, 0.15) is 22.8 Å². The molecule has 1 N–H and O–H groups in total. The summed E-state index contributed by atoms with van der Waals surface area (Å²) in [6, 6.07) is 67.3. The van der Waals surface area contributed by atoms with Gasteiger partial charge in [0.05, 0.1) is 0 Å². The Bertz CT molecular complexity index is 3430. The van der Waals surface area contributed by atoms with E-state index < -0.39 is 6.17 Å². The highest BCUT2D eigenvalue weighted by Crippen LogP contribution is 2.49. The number of hydrogen-bond acceptors (Lipinski definition) is 4. The molecule has 1 atom stereocenters. The Morgan fingerprint density at radius 1 is 0.433 bits per heavy atom. The van der Waals surface area contributed by atoms with Crippen molar-refractivity contribution < 1.29 is 4.42 Å². The standard InChI is InChI=1S/C56H39N3O/c1-56(2)48-21-11-10-19-44(48)46-33-39(27-29-49(46)56)55-58-53(35-13-4-3-5-14-35)57-54(59-55)36-25-23-34(24-26-36)41-20-12-22-51-52(41)47-32-38(28-30-50(47)60-51)45-31-37-15-6-7-16-40(37)42-17-8-9-18-43(42)45/h3-33,54H,1-2H3,(H,57,58,59). The number of aliphatic imine (C=N–C) groups is 2. The Hall–Kier alpha value is -7.56. The van der Waals surface area contributed by atoms with E-state index in [-0.39, 0.29) is 5.41 Å². The van der Waals surface area contributed by atoms with Crippen LogP contribution in [0.15, 0.2) is 202 Å². The first-order valence-electron chi connectivity index (χ1n) is 20.7. The van der Waals surface area contributed by atoms with E-state index in [4.69, 9.17) is 14.4 Å². The van der Waals surface area contributed by atoms with Crippen LogP contribution in [0.5, 0.6) is 0 Å². The fourth-order valence-corrected chi connectivity index (χ4v) is 9.72. The van der Waals surface area contributed by atoms with Crippen LogP contribution in [-0.4, -0.2) is 11.7 Å². The van der Waals surface area contributed by atoms with Crippen LogP contribution < -0.4 is 5.32 Å². The van der Waals surface area contributed by atoms with E-state index in [9.17, 15) is 0 Å². The summed E-state index contributed by atoms with van der Waals surface area (Å²) in [6.07, 6.45) is -0.424. The highest BCUT2D eigenvalue weighted by Gasteiger charge is 2.35. The van der Waals surface area contributed by atoms with Crippen molar-refractivity contribution in [1.82, 2.24) is 5.32 Å². The summed E-state index contributed by atoms with van der Waals surface area (Å²) in [5.41, 5.74) is 14.6. The smallest absolute Gasteiger partial charge is 0.169 e. The predicted octanol–water partition coefficient (Wildman–Crippen LogP) is 14.0. The summed E-state index contributed by atoms with van der Waals surface area (Å²) >= 11 is 0. The highest BCUT2D eigenvalue weighted by atomic mass is 16.3. The molecule has 0 fully saturated rings. The van der Waals surface area contributed by atoms with Crippen molar-refractivity contribution in [3.63, 3.8) is 0 Å². The molecular formula is C56H39N3O. The molecule has 60 heavy (non-hydrogen) atoms. The third-order valence-corrected chi connectivity index (χ3v) is 12.7. The molecule has 2 heterocycles. The molecule has 0 saturated heterocycles. The molecule has 0 radical (unpaired) electrons. The van der Waals surface area contributed by atoms with Crippen molar-refractivity contribution in [2.45, 2.75) is 25.4 Å². The molecule has 0 amide bonds. The molecule has 1 aliphatic heterocycles. The lowest BCUT2D eigenvalue weighted by Crippen LogP contribution is -2.36. The van der Waals surface area contributed by atoms with E-state index in [1.54, 1.807) is 0 Å². The number of fused-ring (bicyclic) bond motifs is 9. The van der Waals surface area contributed by atoms with Gasteiger partial charge in [0, 0.05) is 27.3 Å². The first-order chi connectivity index (χ1) is 29.5. The average Bonchev–Trinajstić information content (AvgIpc) is 3.80. The van der Waals surface area contributed by atoms with E-state index in [0.29, 0.717) is 0 Å². The van der Waals surface area contributed by atoms with Crippen molar-refractivity contribution in [2.75, 3.05) is 0 Å². The lowest BCUT2D eigenvalue weighted by atomic mass is 9.82. The molecule has 284 valence electrons. The number of nitrogens with one attached hydrogen (secondary N) is 1. The fourth-order valence-electron chi connectivity index (χ4n) is 9.72. The third kappa shape index (κ3) is 5.38. The van der Waals surface area contributed by atoms with Gasteiger partial charge >= 0.3 is 0 Å². The van der Waals surface area contributed by atoms with Crippen LogP contribution in [0.1, 0.15) is 47.8 Å². The second-order valence-corrected chi connectivity index (χ2v) is 16.6. The second-order valence-electron chi connectivity index (χ2n) is 16.6. The zero-order valence-electron chi connectivity index (χ0n) is 33.3. The number of benzene rings is 9. The summed E-state index contributed by atoms with van der Waals surface area (Å²) in [6.45, 7) is 4.63. The maximum absolute atomic E-state index is 6.51. The summed E-state index contributed by atoms with van der Waals surface area (Å²) < 4.78 is 6.51. The summed E-state index contributed by atoms with van der Waals surface area (Å²) in [5, 5.41) is 10.8. The van der Waals surface area contributed by atoms with Gasteiger partial charge in [-0.2, -0.15) is 0 Å². The summed E-state index contributed by atoms with van der Waals surface area (Å²) in [4.78, 5) is 10.5. The summed E-state index contributed by atoms with van der Waals surface area (Å²) in [5.74, 6) is 1.62. The minimum Gasteiger partial charge on any atom is -0.456 e. The van der Waals surface area contributed by atoms with E-state index in [1.807, 2.05) is 6.07 Å². The van der Waals surface area contributed by atoms with Crippen molar-refractivity contribution in [3.05, 3.63) is 216 Å². The largest absolute Gasteiger partial charge is 0.456 e. The topological polar surface area (TPSA) is 49.9 Å². The van der Waals surface area contributed by atoms with Crippen molar-refractivity contribution in [3.8, 4) is 33.4 Å². The van der Waals surface area contributed by atoms with E-state index in [2.05, 4.69) is 201 Å². The SMILES string of the molecule is CC1(C)c2ccccc2-c2cc(C3=NC(c4ccc(-c5cccc6oc7ccc(-c8cc9ccccc9c9ccccc89)cc7c56)cc4)N=C(c4ccccc4)N3)ccc21. The minimum atomic E-state index is -0.424. The van der Waals surface area contributed by atoms with Gasteiger partial charge < -0.3 is 9.73 Å². The lowest BCUT2D eigenvalue weighted by Gasteiger charge is -2.24. The van der Waals surface area contributed by atoms with Gasteiger partial charge in [0.15, 0.2) is 6.17 Å². The van der Waals surface area contributed by atoms with Crippen LogP contribution in [0.3, 0.4) is 0 Å². The molecule has 9 aromatic carbocycles. The fraction of sp³-hybridized carbons (Fsp3) is 0.0714. The van der Waals surface area contributed by atoms with Gasteiger partial charge in [-0.1, -0.05) is 172 Å². The van der Waals surface area contributed by atoms with Gasteiger partial charge in [-0.05, 0) is 102 Å². The zero-order chi connectivity index (χ0) is 40.0. The van der Waals surface area contributed by atoms with Crippen LogP contribution in [0.25, 0.3) is 76.9 Å². The molecule has 0 saturated carbocycles. The van der Waals surface area contributed by atoms with E-state index in [0.717, 1.165) is 61.4 Å². The highest BCUT2D eigenvalue weighted by molar-refractivity contribution is 6.18. The molecule has 10 aromatic rings. The minimum absolute atomic E-state index is 0.0608. The molecule has 12 rings (SSSR count). The molecule has 0 spiro atoms. The molecule has 4 heteroatoms. The monoisotopic (exact) mass is 769 g/mol. The molecular weight excluding hydrogens is 731 g/mol. The second kappa shape index (κ2) is 13.2. The van der Waals surface area contributed by atoms with E-state index >= 15 is 0 Å². The number of nitrogens with zero attached hydrogens (tertiary/aromatic N) is 2. The van der Waals surface area contributed by atoms with Gasteiger partial charge in [-0.3, -0.25) is 0 Å². The maximum atomic E-state index is 6.51. The molecule has 1 aliphatic carbocycles. The zero-order valence-corrected chi connectivity index (χ0v) is 33.3. The van der Waals surface area contributed by atoms with Gasteiger partial charge in [-0.25, -0.2) is 9.98 Å². The van der Waals surface area contributed by atoms with Crippen LogP contribution >= 0.6 is 0 Å². The predicted molar refractivity (Wildman–Crippen MR) is 249 cm³/mol. The molecule has 2 aliphatic rings.